The Hall–Kier alpha value is -0.180. The normalized spacial score (nSPS) is 12.5. The van der Waals surface area contributed by atoms with E-state index in [0.29, 0.717) is 6.61 Å². The summed E-state index contributed by atoms with van der Waals surface area (Å²) >= 11 is 7.64. The van der Waals surface area contributed by atoms with Crippen LogP contribution in [0.25, 0.3) is 0 Å². The minimum atomic E-state index is 0. The van der Waals surface area contributed by atoms with Gasteiger partial charge < -0.3 is 15.4 Å². The van der Waals surface area contributed by atoms with Gasteiger partial charge in [0.25, 0.3) is 0 Å². The number of thioether (sulfide) groups is 1. The standard InChI is InChI=1S/C15H24ClN3OS.HI/c1-4-17-15(19-12(2)11-20-3)18-9-10-21-14-7-5-13(16)6-8-14;/h5-8,12H,4,9-11H2,1-3H3,(H2,17,18,19);1H. The van der Waals surface area contributed by atoms with Gasteiger partial charge in [0.1, 0.15) is 0 Å². The van der Waals surface area contributed by atoms with Crippen LogP contribution in [0.3, 0.4) is 0 Å². The fourth-order valence-corrected chi connectivity index (χ4v) is 2.57. The van der Waals surface area contributed by atoms with E-state index in [1.54, 1.807) is 18.9 Å². The summed E-state index contributed by atoms with van der Waals surface area (Å²) in [5, 5.41) is 7.31. The highest BCUT2D eigenvalue weighted by Crippen LogP contribution is 2.19. The molecule has 126 valence electrons. The maximum Gasteiger partial charge on any atom is 0.191 e. The summed E-state index contributed by atoms with van der Waals surface area (Å²) in [5.74, 6) is 1.76. The van der Waals surface area contributed by atoms with Crippen molar-refractivity contribution < 1.29 is 4.74 Å². The third-order valence-electron chi connectivity index (χ3n) is 2.59. The minimum absolute atomic E-state index is 0. The summed E-state index contributed by atoms with van der Waals surface area (Å²) in [4.78, 5) is 5.77. The minimum Gasteiger partial charge on any atom is -0.383 e. The third kappa shape index (κ3) is 9.76. The first-order chi connectivity index (χ1) is 10.2. The average Bonchev–Trinajstić information content (AvgIpc) is 2.46. The van der Waals surface area contributed by atoms with Gasteiger partial charge in [-0.2, -0.15) is 0 Å². The average molecular weight is 458 g/mol. The molecule has 4 nitrogen and oxygen atoms in total. The largest absolute Gasteiger partial charge is 0.383 e. The lowest BCUT2D eigenvalue weighted by Gasteiger charge is -2.16. The number of ether oxygens (including phenoxy) is 1. The van der Waals surface area contributed by atoms with Crippen LogP contribution in [0.15, 0.2) is 34.2 Å². The number of hydrogen-bond acceptors (Lipinski definition) is 3. The molecule has 0 radical (unpaired) electrons. The Labute approximate surface area is 159 Å². The maximum atomic E-state index is 5.87. The smallest absolute Gasteiger partial charge is 0.191 e. The van der Waals surface area contributed by atoms with Crippen molar-refractivity contribution >= 4 is 53.3 Å². The predicted molar refractivity (Wildman–Crippen MR) is 108 cm³/mol. The summed E-state index contributed by atoms with van der Waals surface area (Å²) in [5.41, 5.74) is 0. The number of benzene rings is 1. The first kappa shape index (κ1) is 21.8. The highest BCUT2D eigenvalue weighted by molar-refractivity contribution is 14.0. The summed E-state index contributed by atoms with van der Waals surface area (Å²) in [6, 6.07) is 8.11. The number of nitrogens with one attached hydrogen (secondary N) is 2. The molecule has 0 aromatic heterocycles. The van der Waals surface area contributed by atoms with E-state index in [0.717, 1.165) is 29.8 Å². The van der Waals surface area contributed by atoms with Gasteiger partial charge in [-0.3, -0.25) is 4.99 Å². The topological polar surface area (TPSA) is 45.7 Å². The van der Waals surface area contributed by atoms with Crippen molar-refractivity contribution in [2.24, 2.45) is 4.99 Å². The van der Waals surface area contributed by atoms with Crippen LogP contribution in [0.2, 0.25) is 5.02 Å². The van der Waals surface area contributed by atoms with Crippen molar-refractivity contribution in [3.8, 4) is 0 Å². The van der Waals surface area contributed by atoms with E-state index in [1.165, 1.54) is 4.90 Å². The number of rotatable bonds is 8. The Bertz CT molecular complexity index is 431. The second-order valence-electron chi connectivity index (χ2n) is 4.56. The quantitative estimate of drug-likeness (QED) is 0.206. The molecule has 0 spiro atoms. The molecule has 0 aliphatic heterocycles. The summed E-state index contributed by atoms with van der Waals surface area (Å²) in [6.45, 7) is 6.38. The Morgan fingerprint density at radius 1 is 1.36 bits per heavy atom. The van der Waals surface area contributed by atoms with Gasteiger partial charge in [0.2, 0.25) is 0 Å². The fraction of sp³-hybridized carbons (Fsp3) is 0.533. The maximum absolute atomic E-state index is 5.87. The fourth-order valence-electron chi connectivity index (χ4n) is 1.70. The highest BCUT2D eigenvalue weighted by Gasteiger charge is 2.03. The molecular weight excluding hydrogens is 433 g/mol. The van der Waals surface area contributed by atoms with E-state index >= 15 is 0 Å². The summed E-state index contributed by atoms with van der Waals surface area (Å²) < 4.78 is 5.12. The van der Waals surface area contributed by atoms with Crippen LogP contribution in [0.1, 0.15) is 13.8 Å². The van der Waals surface area contributed by atoms with E-state index < -0.39 is 0 Å². The molecule has 1 unspecified atom stereocenters. The van der Waals surface area contributed by atoms with Crippen molar-refractivity contribution in [2.75, 3.05) is 32.6 Å². The summed E-state index contributed by atoms with van der Waals surface area (Å²) in [6.07, 6.45) is 0. The Kier molecular flexibility index (Phi) is 13.2. The molecule has 0 heterocycles. The molecule has 2 N–H and O–H groups in total. The number of methoxy groups -OCH3 is 1. The molecule has 1 aromatic carbocycles. The molecule has 1 aromatic rings. The zero-order valence-corrected chi connectivity index (χ0v) is 17.2. The second-order valence-corrected chi connectivity index (χ2v) is 6.17. The molecule has 1 atom stereocenters. The Balaban J connectivity index is 0.00000441. The number of halogens is 2. The van der Waals surface area contributed by atoms with Gasteiger partial charge in [0.15, 0.2) is 5.96 Å². The van der Waals surface area contributed by atoms with Crippen LogP contribution in [-0.2, 0) is 4.74 Å². The molecule has 0 fully saturated rings. The monoisotopic (exact) mass is 457 g/mol. The Morgan fingerprint density at radius 3 is 2.64 bits per heavy atom. The van der Waals surface area contributed by atoms with Crippen LogP contribution >= 0.6 is 47.3 Å². The third-order valence-corrected chi connectivity index (χ3v) is 3.83. The second kappa shape index (κ2) is 13.3. The molecule has 0 aliphatic carbocycles. The number of nitrogens with zero attached hydrogens (tertiary/aromatic N) is 1. The van der Waals surface area contributed by atoms with Gasteiger partial charge in [0, 0.05) is 35.4 Å². The lowest BCUT2D eigenvalue weighted by molar-refractivity contribution is 0.179. The van der Waals surface area contributed by atoms with Crippen molar-refractivity contribution in [1.29, 1.82) is 0 Å². The van der Waals surface area contributed by atoms with Crippen LogP contribution in [0.5, 0.6) is 0 Å². The highest BCUT2D eigenvalue weighted by atomic mass is 127. The van der Waals surface area contributed by atoms with Crippen molar-refractivity contribution in [3.05, 3.63) is 29.3 Å². The Morgan fingerprint density at radius 2 is 2.05 bits per heavy atom. The number of guanidine groups is 1. The van der Waals surface area contributed by atoms with Crippen LogP contribution in [0.4, 0.5) is 0 Å². The van der Waals surface area contributed by atoms with Gasteiger partial charge in [0.05, 0.1) is 13.2 Å². The molecule has 0 amide bonds. The molecule has 0 saturated heterocycles. The molecule has 0 saturated carbocycles. The van der Waals surface area contributed by atoms with E-state index in [4.69, 9.17) is 16.3 Å². The number of hydrogen-bond donors (Lipinski definition) is 2. The van der Waals surface area contributed by atoms with E-state index in [2.05, 4.69) is 29.5 Å². The first-order valence-corrected chi connectivity index (χ1v) is 8.44. The van der Waals surface area contributed by atoms with Crippen molar-refractivity contribution in [3.63, 3.8) is 0 Å². The molecular formula is C15H25ClIN3OS. The van der Waals surface area contributed by atoms with E-state index in [-0.39, 0.29) is 30.0 Å². The van der Waals surface area contributed by atoms with Gasteiger partial charge in [-0.25, -0.2) is 0 Å². The van der Waals surface area contributed by atoms with E-state index in [1.807, 2.05) is 24.3 Å². The van der Waals surface area contributed by atoms with Crippen molar-refractivity contribution in [1.82, 2.24) is 10.6 Å². The molecule has 0 aliphatic rings. The SMILES string of the molecule is CCNC(=NCCSc1ccc(Cl)cc1)NC(C)COC.I. The van der Waals surface area contributed by atoms with Crippen LogP contribution in [-0.4, -0.2) is 44.6 Å². The van der Waals surface area contributed by atoms with E-state index in [9.17, 15) is 0 Å². The molecule has 22 heavy (non-hydrogen) atoms. The van der Waals surface area contributed by atoms with Crippen molar-refractivity contribution in [2.45, 2.75) is 24.8 Å². The molecule has 7 heteroatoms. The molecule has 1 rings (SSSR count). The van der Waals surface area contributed by atoms with Crippen LogP contribution in [0, 0.1) is 0 Å². The van der Waals surface area contributed by atoms with Gasteiger partial charge in [-0.05, 0) is 38.1 Å². The first-order valence-electron chi connectivity index (χ1n) is 7.07. The van der Waals surface area contributed by atoms with Crippen LogP contribution < -0.4 is 10.6 Å². The van der Waals surface area contributed by atoms with Gasteiger partial charge >= 0.3 is 0 Å². The van der Waals surface area contributed by atoms with Gasteiger partial charge in [-0.15, -0.1) is 35.7 Å². The zero-order chi connectivity index (χ0) is 15.5. The zero-order valence-electron chi connectivity index (χ0n) is 13.3. The lowest BCUT2D eigenvalue weighted by atomic mass is 10.4. The number of aliphatic imine (C=N–C) groups is 1. The lowest BCUT2D eigenvalue weighted by Crippen LogP contribution is -2.44. The summed E-state index contributed by atoms with van der Waals surface area (Å²) in [7, 11) is 1.70. The molecule has 0 bridgehead atoms. The predicted octanol–water partition coefficient (Wildman–Crippen LogP) is 3.64. The van der Waals surface area contributed by atoms with Gasteiger partial charge in [-0.1, -0.05) is 11.6 Å².